The summed E-state index contributed by atoms with van der Waals surface area (Å²) < 4.78 is -0.817. The first-order valence-corrected chi connectivity index (χ1v) is 12.9. The van der Waals surface area contributed by atoms with Gasteiger partial charge in [0, 0.05) is 49.2 Å². The Morgan fingerprint density at radius 3 is 2.56 bits per heavy atom. The second kappa shape index (κ2) is 9.06. The Labute approximate surface area is 208 Å². The quantitative estimate of drug-likeness (QED) is 0.495. The number of fused-ring (bicyclic) bond motifs is 2. The molecule has 5 rings (SSSR count). The van der Waals surface area contributed by atoms with Gasteiger partial charge in [-0.05, 0) is 37.1 Å². The number of carbonyl (C=O) groups excluding carboxylic acids is 3. The molecule has 1 unspecified atom stereocenters. The zero-order valence-electron chi connectivity index (χ0n) is 19.0. The standard InChI is InChI=1S/C25H28ClN3O4S/c1-27-12-4-6-18-19(22(27)31)20-23(32)29(13-2-3-15-30)21-24(33)28(14-5-11-25(20,21)34-18)17-9-7-16(26)8-10-17/h4-11,18-21,30H,2-3,12-15H2,1H3/t18-,19+,20-,21?,25-/m0/s1. The number of aliphatic hydroxyl groups is 1. The van der Waals surface area contributed by atoms with Crippen LogP contribution in [0.2, 0.25) is 5.02 Å². The first kappa shape index (κ1) is 23.5. The van der Waals surface area contributed by atoms with Crippen molar-refractivity contribution in [3.63, 3.8) is 0 Å². The van der Waals surface area contributed by atoms with E-state index in [0.29, 0.717) is 37.5 Å². The third-order valence-electron chi connectivity index (χ3n) is 7.31. The zero-order chi connectivity index (χ0) is 24.0. The topological polar surface area (TPSA) is 81.2 Å². The number of benzene rings is 1. The molecule has 0 saturated carbocycles. The van der Waals surface area contributed by atoms with Crippen LogP contribution in [-0.2, 0) is 14.4 Å². The van der Waals surface area contributed by atoms with Crippen LogP contribution in [0.4, 0.5) is 5.69 Å². The van der Waals surface area contributed by atoms with Crippen LogP contribution in [0.25, 0.3) is 0 Å². The highest BCUT2D eigenvalue weighted by molar-refractivity contribution is 8.02. The van der Waals surface area contributed by atoms with E-state index >= 15 is 0 Å². The van der Waals surface area contributed by atoms with Crippen molar-refractivity contribution >= 4 is 46.8 Å². The first-order valence-electron chi connectivity index (χ1n) is 11.6. The Kier molecular flexibility index (Phi) is 6.25. The number of unbranched alkanes of at least 4 members (excludes halogenated alkanes) is 1. The lowest BCUT2D eigenvalue weighted by Crippen LogP contribution is -2.53. The van der Waals surface area contributed by atoms with Gasteiger partial charge in [0.1, 0.15) is 6.04 Å². The molecule has 1 N–H and O–H groups in total. The normalized spacial score (nSPS) is 32.6. The molecule has 0 radical (unpaired) electrons. The third-order valence-corrected chi connectivity index (χ3v) is 9.30. The van der Waals surface area contributed by atoms with E-state index in [1.54, 1.807) is 45.6 Å². The van der Waals surface area contributed by atoms with Crippen molar-refractivity contribution < 1.29 is 19.5 Å². The van der Waals surface area contributed by atoms with Gasteiger partial charge in [-0.3, -0.25) is 14.4 Å². The van der Waals surface area contributed by atoms with Gasteiger partial charge in [0.15, 0.2) is 0 Å². The lowest BCUT2D eigenvalue weighted by atomic mass is 9.78. The molecule has 0 bridgehead atoms. The number of hydrogen-bond acceptors (Lipinski definition) is 5. The molecule has 7 nitrogen and oxygen atoms in total. The second-order valence-corrected chi connectivity index (χ2v) is 11.2. The number of likely N-dealkylation sites (N-methyl/N-ethyl adjacent to an activating group) is 1. The summed E-state index contributed by atoms with van der Waals surface area (Å²) in [6, 6.07) is 6.39. The van der Waals surface area contributed by atoms with E-state index in [2.05, 4.69) is 0 Å². The van der Waals surface area contributed by atoms with E-state index in [-0.39, 0.29) is 29.6 Å². The molecule has 34 heavy (non-hydrogen) atoms. The fourth-order valence-electron chi connectivity index (χ4n) is 5.75. The minimum atomic E-state index is -0.817. The Balaban J connectivity index is 1.59. The van der Waals surface area contributed by atoms with Crippen molar-refractivity contribution in [1.29, 1.82) is 0 Å². The highest BCUT2D eigenvalue weighted by Gasteiger charge is 2.70. The molecule has 9 heteroatoms. The molecular weight excluding hydrogens is 474 g/mol. The number of hydrogen-bond donors (Lipinski definition) is 1. The predicted molar refractivity (Wildman–Crippen MR) is 133 cm³/mol. The molecule has 180 valence electrons. The van der Waals surface area contributed by atoms with E-state index in [9.17, 15) is 19.5 Å². The smallest absolute Gasteiger partial charge is 0.251 e. The van der Waals surface area contributed by atoms with E-state index < -0.39 is 22.6 Å². The highest BCUT2D eigenvalue weighted by atomic mass is 35.5. The molecule has 3 amide bonds. The molecular formula is C25H28ClN3O4S. The van der Waals surface area contributed by atoms with Crippen LogP contribution >= 0.6 is 23.4 Å². The summed E-state index contributed by atoms with van der Waals surface area (Å²) in [7, 11) is 1.76. The van der Waals surface area contributed by atoms with Crippen molar-refractivity contribution in [2.75, 3.05) is 38.2 Å². The monoisotopic (exact) mass is 501 g/mol. The number of anilines is 1. The van der Waals surface area contributed by atoms with E-state index in [4.69, 9.17) is 11.6 Å². The molecule has 1 aromatic carbocycles. The molecule has 2 fully saturated rings. The van der Waals surface area contributed by atoms with Crippen LogP contribution in [0.3, 0.4) is 0 Å². The number of thioether (sulfide) groups is 1. The van der Waals surface area contributed by atoms with Crippen molar-refractivity contribution in [3.8, 4) is 0 Å². The highest BCUT2D eigenvalue weighted by Crippen LogP contribution is 2.61. The van der Waals surface area contributed by atoms with Crippen LogP contribution < -0.4 is 4.90 Å². The Morgan fingerprint density at radius 1 is 1.06 bits per heavy atom. The summed E-state index contributed by atoms with van der Waals surface area (Å²) >= 11 is 7.64. The summed E-state index contributed by atoms with van der Waals surface area (Å²) in [5.74, 6) is -1.46. The third kappa shape index (κ3) is 3.58. The second-order valence-electron chi connectivity index (χ2n) is 9.28. The number of likely N-dealkylation sites (tertiary alicyclic amines) is 1. The van der Waals surface area contributed by atoms with Gasteiger partial charge in [-0.15, -0.1) is 11.8 Å². The van der Waals surface area contributed by atoms with Gasteiger partial charge in [0.05, 0.1) is 16.6 Å². The van der Waals surface area contributed by atoms with Crippen molar-refractivity contribution in [3.05, 3.63) is 53.6 Å². The largest absolute Gasteiger partial charge is 0.396 e. The number of rotatable bonds is 5. The SMILES string of the molecule is CN1CC=C[C@@H]2S[C@]34C=CCN(c5ccc(Cl)cc5)C(=O)C3N(CCCCO)C(=O)[C@@H]4[C@@H]2C1=O. The van der Waals surface area contributed by atoms with E-state index in [0.717, 1.165) is 5.69 Å². The van der Waals surface area contributed by atoms with Gasteiger partial charge in [-0.2, -0.15) is 0 Å². The lowest BCUT2D eigenvalue weighted by Gasteiger charge is -2.35. The molecule has 4 aliphatic heterocycles. The summed E-state index contributed by atoms with van der Waals surface area (Å²) in [5.41, 5.74) is 0.718. The fraction of sp³-hybridized carbons (Fsp3) is 0.480. The Hall–Kier alpha value is -2.29. The Morgan fingerprint density at radius 2 is 1.82 bits per heavy atom. The number of carbonyl (C=O) groups is 3. The Bertz CT molecular complexity index is 1060. The summed E-state index contributed by atoms with van der Waals surface area (Å²) in [6.45, 7) is 1.29. The van der Waals surface area contributed by atoms with Gasteiger partial charge in [-0.25, -0.2) is 0 Å². The maximum Gasteiger partial charge on any atom is 0.251 e. The number of aliphatic hydroxyl groups excluding tert-OH is 1. The molecule has 1 aromatic rings. The van der Waals surface area contributed by atoms with Crippen molar-refractivity contribution in [2.24, 2.45) is 11.8 Å². The van der Waals surface area contributed by atoms with Crippen molar-refractivity contribution in [2.45, 2.75) is 28.9 Å². The minimum Gasteiger partial charge on any atom is -0.396 e. The van der Waals surface area contributed by atoms with E-state index in [1.807, 2.05) is 36.4 Å². The zero-order valence-corrected chi connectivity index (χ0v) is 20.5. The van der Waals surface area contributed by atoms with Gasteiger partial charge < -0.3 is 19.8 Å². The molecule has 5 atom stereocenters. The molecule has 4 heterocycles. The van der Waals surface area contributed by atoms with Crippen LogP contribution in [0.1, 0.15) is 12.8 Å². The summed E-state index contributed by atoms with van der Waals surface area (Å²) in [6.07, 6.45) is 9.12. The number of nitrogens with zero attached hydrogens (tertiary/aromatic N) is 3. The fourth-order valence-corrected chi connectivity index (χ4v) is 7.88. The lowest BCUT2D eigenvalue weighted by molar-refractivity contribution is -0.142. The van der Waals surface area contributed by atoms with Gasteiger partial charge in [-0.1, -0.05) is 35.9 Å². The van der Waals surface area contributed by atoms with Crippen LogP contribution in [0, 0.1) is 11.8 Å². The van der Waals surface area contributed by atoms with Gasteiger partial charge >= 0.3 is 0 Å². The van der Waals surface area contributed by atoms with Gasteiger partial charge in [0.2, 0.25) is 11.8 Å². The minimum absolute atomic E-state index is 0.0273. The molecule has 0 aliphatic carbocycles. The maximum absolute atomic E-state index is 14.1. The van der Waals surface area contributed by atoms with Crippen LogP contribution in [0.15, 0.2) is 48.6 Å². The van der Waals surface area contributed by atoms with Crippen LogP contribution in [-0.4, -0.2) is 82.0 Å². The summed E-state index contributed by atoms with van der Waals surface area (Å²) in [5, 5.41) is 9.72. The molecule has 0 aromatic heterocycles. The number of halogens is 1. The summed E-state index contributed by atoms with van der Waals surface area (Å²) in [4.78, 5) is 46.5. The maximum atomic E-state index is 14.1. The predicted octanol–water partition coefficient (Wildman–Crippen LogP) is 2.34. The average molecular weight is 502 g/mol. The molecule has 2 saturated heterocycles. The van der Waals surface area contributed by atoms with Crippen molar-refractivity contribution in [1.82, 2.24) is 9.80 Å². The van der Waals surface area contributed by atoms with Gasteiger partial charge in [0.25, 0.3) is 5.91 Å². The first-order chi connectivity index (χ1) is 16.4. The van der Waals surface area contributed by atoms with Crippen LogP contribution in [0.5, 0.6) is 0 Å². The van der Waals surface area contributed by atoms with E-state index in [1.165, 1.54) is 0 Å². The molecule has 1 spiro atoms. The molecule has 4 aliphatic rings. The number of amides is 3. The average Bonchev–Trinajstić information content (AvgIpc) is 3.14.